The summed E-state index contributed by atoms with van der Waals surface area (Å²) in [5, 5.41) is 2.97. The Morgan fingerprint density at radius 1 is 1.42 bits per heavy atom. The van der Waals surface area contributed by atoms with Crippen LogP contribution < -0.4 is 5.32 Å². The maximum Gasteiger partial charge on any atom is 0.317 e. The zero-order valence-electron chi connectivity index (χ0n) is 11.5. The Morgan fingerprint density at radius 3 is 2.74 bits per heavy atom. The fourth-order valence-electron chi connectivity index (χ4n) is 2.49. The molecule has 0 bridgehead atoms. The number of piperidine rings is 1. The number of benzene rings is 1. The Bertz CT molecular complexity index is 432. The molecule has 3 nitrogen and oxygen atoms in total. The quantitative estimate of drug-likeness (QED) is 0.873. The molecule has 4 heteroatoms. The van der Waals surface area contributed by atoms with E-state index in [1.807, 2.05) is 11.8 Å². The number of carbonyl (C=O) groups excluding carboxylic acids is 1. The number of nitrogens with zero attached hydrogens (tertiary/aromatic N) is 1. The zero-order valence-corrected chi connectivity index (χ0v) is 11.5. The highest BCUT2D eigenvalue weighted by molar-refractivity contribution is 5.74. The van der Waals surface area contributed by atoms with Crippen LogP contribution >= 0.6 is 0 Å². The van der Waals surface area contributed by atoms with Gasteiger partial charge in [0, 0.05) is 13.1 Å². The van der Waals surface area contributed by atoms with Crippen molar-refractivity contribution in [1.82, 2.24) is 10.2 Å². The fraction of sp³-hybridized carbons (Fsp3) is 0.533. The maximum atomic E-state index is 12.9. The molecule has 19 heavy (non-hydrogen) atoms. The molecule has 2 amide bonds. The molecule has 1 aliphatic rings. The van der Waals surface area contributed by atoms with Crippen LogP contribution in [0.1, 0.15) is 38.3 Å². The molecule has 0 spiro atoms. The zero-order chi connectivity index (χ0) is 13.8. The standard InChI is InChI=1S/C15H21FN2O/c1-11-4-3-9-18(10-11)15(19)17-12(2)13-5-7-14(16)8-6-13/h5-8,11-12H,3-4,9-10H2,1-2H3,(H,17,19). The highest BCUT2D eigenvalue weighted by atomic mass is 19.1. The predicted octanol–water partition coefficient (Wildman–Crippen LogP) is 3.33. The Balaban J connectivity index is 1.92. The molecule has 1 aliphatic heterocycles. The minimum Gasteiger partial charge on any atom is -0.331 e. The molecule has 0 saturated carbocycles. The van der Waals surface area contributed by atoms with Crippen molar-refractivity contribution in [3.05, 3.63) is 35.6 Å². The van der Waals surface area contributed by atoms with Gasteiger partial charge in [0.2, 0.25) is 0 Å². The highest BCUT2D eigenvalue weighted by Crippen LogP contribution is 2.17. The number of urea groups is 1. The number of carbonyl (C=O) groups is 1. The van der Waals surface area contributed by atoms with Crippen molar-refractivity contribution < 1.29 is 9.18 Å². The first-order chi connectivity index (χ1) is 9.06. The SMILES string of the molecule is CC1CCCN(C(=O)NC(C)c2ccc(F)cc2)C1. The second kappa shape index (κ2) is 6.04. The minimum atomic E-state index is -0.257. The Kier molecular flexibility index (Phi) is 4.40. The molecule has 1 fully saturated rings. The lowest BCUT2D eigenvalue weighted by atomic mass is 10.0. The Hall–Kier alpha value is -1.58. The van der Waals surface area contributed by atoms with E-state index in [1.54, 1.807) is 12.1 Å². The first-order valence-electron chi connectivity index (χ1n) is 6.87. The third-order valence-electron chi connectivity index (χ3n) is 3.65. The van der Waals surface area contributed by atoms with Gasteiger partial charge in [-0.25, -0.2) is 9.18 Å². The van der Waals surface area contributed by atoms with Crippen LogP contribution in [0.5, 0.6) is 0 Å². The molecule has 1 N–H and O–H groups in total. The van der Waals surface area contributed by atoms with Crippen LogP contribution in [0.15, 0.2) is 24.3 Å². The summed E-state index contributed by atoms with van der Waals surface area (Å²) in [7, 11) is 0. The lowest BCUT2D eigenvalue weighted by Gasteiger charge is -2.32. The number of hydrogen-bond acceptors (Lipinski definition) is 1. The molecule has 2 rings (SSSR count). The molecular weight excluding hydrogens is 243 g/mol. The first kappa shape index (κ1) is 13.8. The third kappa shape index (κ3) is 3.69. The number of rotatable bonds is 2. The summed E-state index contributed by atoms with van der Waals surface area (Å²) in [5.74, 6) is 0.313. The number of hydrogen-bond donors (Lipinski definition) is 1. The van der Waals surface area contributed by atoms with Gasteiger partial charge in [0.25, 0.3) is 0 Å². The average Bonchev–Trinajstić information content (AvgIpc) is 2.39. The number of amides is 2. The molecule has 1 aromatic rings. The first-order valence-corrected chi connectivity index (χ1v) is 6.87. The van der Waals surface area contributed by atoms with Crippen LogP contribution in [0.4, 0.5) is 9.18 Å². The van der Waals surface area contributed by atoms with Crippen molar-refractivity contribution in [1.29, 1.82) is 0 Å². The van der Waals surface area contributed by atoms with E-state index in [4.69, 9.17) is 0 Å². The van der Waals surface area contributed by atoms with Crippen LogP contribution in [-0.2, 0) is 0 Å². The molecule has 104 valence electrons. The van der Waals surface area contributed by atoms with Crippen LogP contribution in [0.25, 0.3) is 0 Å². The topological polar surface area (TPSA) is 32.3 Å². The third-order valence-corrected chi connectivity index (χ3v) is 3.65. The molecule has 2 unspecified atom stereocenters. The van der Waals surface area contributed by atoms with E-state index in [-0.39, 0.29) is 17.9 Å². The Labute approximate surface area is 113 Å². The number of likely N-dealkylation sites (tertiary alicyclic amines) is 1. The van der Waals surface area contributed by atoms with Crippen molar-refractivity contribution in [3.63, 3.8) is 0 Å². The summed E-state index contributed by atoms with van der Waals surface area (Å²) < 4.78 is 12.9. The van der Waals surface area contributed by atoms with Crippen molar-refractivity contribution in [3.8, 4) is 0 Å². The molecular formula is C15H21FN2O. The summed E-state index contributed by atoms with van der Waals surface area (Å²) in [6.45, 7) is 5.73. The van der Waals surface area contributed by atoms with Crippen LogP contribution in [0.2, 0.25) is 0 Å². The summed E-state index contributed by atoms with van der Waals surface area (Å²) >= 11 is 0. The molecule has 1 aromatic carbocycles. The monoisotopic (exact) mass is 264 g/mol. The molecule has 1 saturated heterocycles. The second-order valence-corrected chi connectivity index (χ2v) is 5.42. The van der Waals surface area contributed by atoms with Crippen molar-refractivity contribution in [2.24, 2.45) is 5.92 Å². The largest absolute Gasteiger partial charge is 0.331 e. The van der Waals surface area contributed by atoms with E-state index in [1.165, 1.54) is 18.6 Å². The smallest absolute Gasteiger partial charge is 0.317 e. The summed E-state index contributed by atoms with van der Waals surface area (Å²) in [4.78, 5) is 14.0. The summed E-state index contributed by atoms with van der Waals surface area (Å²) in [5.41, 5.74) is 0.916. The van der Waals surface area contributed by atoms with E-state index < -0.39 is 0 Å². The van der Waals surface area contributed by atoms with Gasteiger partial charge in [0.05, 0.1) is 6.04 Å². The minimum absolute atomic E-state index is 0.0247. The van der Waals surface area contributed by atoms with Gasteiger partial charge in [0.15, 0.2) is 0 Å². The van der Waals surface area contributed by atoms with Gasteiger partial charge >= 0.3 is 6.03 Å². The van der Waals surface area contributed by atoms with Crippen molar-refractivity contribution >= 4 is 6.03 Å². The van der Waals surface area contributed by atoms with Crippen LogP contribution in [-0.4, -0.2) is 24.0 Å². The molecule has 0 radical (unpaired) electrons. The average molecular weight is 264 g/mol. The van der Waals surface area contributed by atoms with Gasteiger partial charge in [-0.05, 0) is 43.4 Å². The number of halogens is 1. The van der Waals surface area contributed by atoms with Crippen LogP contribution in [0.3, 0.4) is 0 Å². The Morgan fingerprint density at radius 2 is 2.11 bits per heavy atom. The van der Waals surface area contributed by atoms with Gasteiger partial charge in [-0.15, -0.1) is 0 Å². The van der Waals surface area contributed by atoms with Gasteiger partial charge in [-0.3, -0.25) is 0 Å². The highest BCUT2D eigenvalue weighted by Gasteiger charge is 2.22. The molecule has 0 aromatic heterocycles. The van der Waals surface area contributed by atoms with E-state index in [0.29, 0.717) is 5.92 Å². The maximum absolute atomic E-state index is 12.9. The molecule has 1 heterocycles. The fourth-order valence-corrected chi connectivity index (χ4v) is 2.49. The van der Waals surface area contributed by atoms with E-state index in [0.717, 1.165) is 25.1 Å². The number of nitrogens with one attached hydrogen (secondary N) is 1. The lowest BCUT2D eigenvalue weighted by molar-refractivity contribution is 0.167. The van der Waals surface area contributed by atoms with Gasteiger partial charge in [0.1, 0.15) is 5.82 Å². The predicted molar refractivity (Wildman–Crippen MR) is 73.3 cm³/mol. The van der Waals surface area contributed by atoms with Gasteiger partial charge in [-0.1, -0.05) is 19.1 Å². The van der Waals surface area contributed by atoms with Crippen LogP contribution in [0, 0.1) is 11.7 Å². The van der Waals surface area contributed by atoms with Crippen molar-refractivity contribution in [2.45, 2.75) is 32.7 Å². The molecule has 0 aliphatic carbocycles. The van der Waals surface area contributed by atoms with E-state index in [9.17, 15) is 9.18 Å². The normalized spacial score (nSPS) is 21.0. The van der Waals surface area contributed by atoms with Gasteiger partial charge < -0.3 is 10.2 Å². The molecule has 2 atom stereocenters. The van der Waals surface area contributed by atoms with Gasteiger partial charge in [-0.2, -0.15) is 0 Å². The second-order valence-electron chi connectivity index (χ2n) is 5.42. The van der Waals surface area contributed by atoms with E-state index >= 15 is 0 Å². The summed E-state index contributed by atoms with van der Waals surface area (Å²) in [6, 6.07) is 6.12. The van der Waals surface area contributed by atoms with E-state index in [2.05, 4.69) is 12.2 Å². The van der Waals surface area contributed by atoms with Crippen molar-refractivity contribution in [2.75, 3.05) is 13.1 Å². The lowest BCUT2D eigenvalue weighted by Crippen LogP contribution is -2.45. The summed E-state index contributed by atoms with van der Waals surface area (Å²) in [6.07, 6.45) is 2.26.